The van der Waals surface area contributed by atoms with E-state index in [4.69, 9.17) is 39.5 Å². The maximum atomic E-state index is 13.4. The van der Waals surface area contributed by atoms with Gasteiger partial charge in [-0.05, 0) is 42.0 Å². The number of benzene rings is 2. The summed E-state index contributed by atoms with van der Waals surface area (Å²) < 4.78 is 7.59. The summed E-state index contributed by atoms with van der Waals surface area (Å²) in [5.74, 6) is -0.591. The predicted molar refractivity (Wildman–Crippen MR) is 142 cm³/mol. The molecule has 0 N–H and O–H groups in total. The van der Waals surface area contributed by atoms with Gasteiger partial charge in [-0.15, -0.1) is 5.10 Å². The van der Waals surface area contributed by atoms with Crippen molar-refractivity contribution >= 4 is 75.8 Å². The van der Waals surface area contributed by atoms with Gasteiger partial charge in [-0.1, -0.05) is 53.5 Å². The highest BCUT2D eigenvalue weighted by molar-refractivity contribution is 7.99. The smallest absolute Gasteiger partial charge is 0.295 e. The molecule has 4 rings (SSSR count). The van der Waals surface area contributed by atoms with Crippen LogP contribution in [-0.2, 0) is 16.1 Å². The van der Waals surface area contributed by atoms with E-state index in [0.29, 0.717) is 30.0 Å². The van der Waals surface area contributed by atoms with Crippen LogP contribution in [0.25, 0.3) is 0 Å². The van der Waals surface area contributed by atoms with E-state index in [0.717, 1.165) is 5.01 Å². The number of halogens is 3. The van der Waals surface area contributed by atoms with Gasteiger partial charge in [-0.2, -0.15) is 10.1 Å². The Morgan fingerprint density at radius 1 is 1.21 bits per heavy atom. The number of aromatic nitrogens is 4. The van der Waals surface area contributed by atoms with Gasteiger partial charge in [0.25, 0.3) is 11.6 Å². The molecule has 1 aromatic heterocycles. The first kappa shape index (κ1) is 27.8. The SMILES string of the molecule is CCC(Sc1nnnn1CC)c1cc([N+](=O)[O-])ccc1OC1C(=O)N(c2c(Cl)cc(Cl)cc2Cl)N=C1C=O. The quantitative estimate of drug-likeness (QED) is 0.134. The molecule has 0 fully saturated rings. The van der Waals surface area contributed by atoms with Crippen molar-refractivity contribution in [3.05, 3.63) is 61.1 Å². The Morgan fingerprint density at radius 3 is 2.53 bits per heavy atom. The molecule has 38 heavy (non-hydrogen) atoms. The number of amides is 1. The number of carbonyl (C=O) groups is 2. The second-order valence-corrected chi connectivity index (χ2v) is 10.2. The first-order chi connectivity index (χ1) is 18.2. The molecule has 2 unspecified atom stereocenters. The minimum Gasteiger partial charge on any atom is -0.474 e. The van der Waals surface area contributed by atoms with Gasteiger partial charge < -0.3 is 4.74 Å². The van der Waals surface area contributed by atoms with Gasteiger partial charge in [0, 0.05) is 34.5 Å². The van der Waals surface area contributed by atoms with Crippen molar-refractivity contribution in [2.75, 3.05) is 5.01 Å². The molecule has 2 heterocycles. The van der Waals surface area contributed by atoms with E-state index in [9.17, 15) is 19.7 Å². The molecule has 1 aliphatic heterocycles. The van der Waals surface area contributed by atoms with Crippen molar-refractivity contribution in [2.45, 2.75) is 43.3 Å². The molecule has 3 aromatic rings. The van der Waals surface area contributed by atoms with Crippen molar-refractivity contribution < 1.29 is 19.2 Å². The van der Waals surface area contributed by atoms with Gasteiger partial charge in [0.2, 0.25) is 11.3 Å². The van der Waals surface area contributed by atoms with Crippen LogP contribution in [0.4, 0.5) is 11.4 Å². The third kappa shape index (κ3) is 5.46. The molecule has 0 spiro atoms. The van der Waals surface area contributed by atoms with Gasteiger partial charge in [-0.25, -0.2) is 4.68 Å². The molecule has 12 nitrogen and oxygen atoms in total. The Morgan fingerprint density at radius 2 is 1.92 bits per heavy atom. The Hall–Kier alpha value is -3.26. The zero-order chi connectivity index (χ0) is 27.6. The summed E-state index contributed by atoms with van der Waals surface area (Å²) in [6, 6.07) is 6.74. The topological polar surface area (TPSA) is 146 Å². The molecule has 198 valence electrons. The molecule has 1 amide bonds. The summed E-state index contributed by atoms with van der Waals surface area (Å²) >= 11 is 19.8. The number of hydrogen-bond acceptors (Lipinski definition) is 10. The number of thioether (sulfide) groups is 1. The number of rotatable bonds is 10. The van der Waals surface area contributed by atoms with E-state index in [2.05, 4.69) is 20.6 Å². The highest BCUT2D eigenvalue weighted by Gasteiger charge is 2.41. The van der Waals surface area contributed by atoms with E-state index >= 15 is 0 Å². The molecule has 2 aromatic carbocycles. The first-order valence-corrected chi connectivity index (χ1v) is 13.1. The van der Waals surface area contributed by atoms with Crippen LogP contribution in [0.15, 0.2) is 40.6 Å². The van der Waals surface area contributed by atoms with E-state index in [-0.39, 0.29) is 37.9 Å². The Balaban J connectivity index is 1.72. The molecule has 1 aliphatic rings. The van der Waals surface area contributed by atoms with E-state index in [1.807, 2.05) is 13.8 Å². The monoisotopic (exact) mass is 597 g/mol. The second-order valence-electron chi connectivity index (χ2n) is 7.78. The van der Waals surface area contributed by atoms with Crippen molar-refractivity contribution in [1.82, 2.24) is 20.2 Å². The highest BCUT2D eigenvalue weighted by Crippen LogP contribution is 2.43. The number of nitro groups is 1. The number of hydrazone groups is 1. The summed E-state index contributed by atoms with van der Waals surface area (Å²) in [5, 5.41) is 28.5. The highest BCUT2D eigenvalue weighted by atomic mass is 35.5. The molecule has 16 heteroatoms. The van der Waals surface area contributed by atoms with Crippen LogP contribution in [0.3, 0.4) is 0 Å². The number of nitro benzene ring substituents is 1. The van der Waals surface area contributed by atoms with E-state index in [1.165, 1.54) is 42.1 Å². The standard InChI is InChI=1S/C22H18Cl3N7O5S/c1-3-18(38-22-26-28-29-30(22)4-2)13-9-12(32(35)36)5-6-17(13)37-20-16(10-33)27-31(21(20)34)19-14(24)7-11(23)8-15(19)25/h5-10,18,20H,3-4H2,1-2H3. The maximum absolute atomic E-state index is 13.4. The fourth-order valence-corrected chi connectivity index (χ4v) is 5.74. The van der Waals surface area contributed by atoms with E-state index < -0.39 is 22.2 Å². The lowest BCUT2D eigenvalue weighted by Gasteiger charge is -2.21. The lowest BCUT2D eigenvalue weighted by molar-refractivity contribution is -0.384. The normalized spacial score (nSPS) is 15.9. The molecule has 0 saturated heterocycles. The van der Waals surface area contributed by atoms with Crippen LogP contribution in [0, 0.1) is 10.1 Å². The van der Waals surface area contributed by atoms with E-state index in [1.54, 1.807) is 4.68 Å². The molecule has 2 atom stereocenters. The predicted octanol–water partition coefficient (Wildman–Crippen LogP) is 5.15. The lowest BCUT2D eigenvalue weighted by Crippen LogP contribution is -2.37. The number of hydrogen-bond donors (Lipinski definition) is 0. The fraction of sp³-hybridized carbons (Fsp3) is 0.273. The average molecular weight is 599 g/mol. The zero-order valence-electron chi connectivity index (χ0n) is 19.7. The van der Waals surface area contributed by atoms with Gasteiger partial charge in [0.15, 0.2) is 12.0 Å². The minimum absolute atomic E-state index is 0.0329. The number of ether oxygens (including phenoxy) is 1. The summed E-state index contributed by atoms with van der Waals surface area (Å²) in [5.41, 5.74) is 0.0313. The number of aryl methyl sites for hydroxylation is 1. The molecule has 0 bridgehead atoms. The van der Waals surface area contributed by atoms with Crippen LogP contribution < -0.4 is 9.75 Å². The summed E-state index contributed by atoms with van der Waals surface area (Å²) in [6.45, 7) is 4.28. The first-order valence-electron chi connectivity index (χ1n) is 11.1. The summed E-state index contributed by atoms with van der Waals surface area (Å²) in [6.07, 6.45) is -0.569. The number of non-ortho nitro benzene ring substituents is 1. The summed E-state index contributed by atoms with van der Waals surface area (Å²) in [4.78, 5) is 36.2. The number of tetrazole rings is 1. The van der Waals surface area contributed by atoms with Gasteiger partial charge in [0.05, 0.1) is 15.0 Å². The van der Waals surface area contributed by atoms with Crippen molar-refractivity contribution in [3.63, 3.8) is 0 Å². The molecule has 0 aliphatic carbocycles. The average Bonchev–Trinajstić information content (AvgIpc) is 3.46. The Bertz CT molecular complexity index is 1430. The van der Waals surface area contributed by atoms with Crippen LogP contribution in [-0.4, -0.2) is 49.1 Å². The van der Waals surface area contributed by atoms with Crippen LogP contribution >= 0.6 is 46.6 Å². The second kappa shape index (κ2) is 11.6. The van der Waals surface area contributed by atoms with Crippen LogP contribution in [0.1, 0.15) is 31.1 Å². The number of aldehydes is 1. The molecular weight excluding hydrogens is 581 g/mol. The largest absolute Gasteiger partial charge is 0.474 e. The summed E-state index contributed by atoms with van der Waals surface area (Å²) in [7, 11) is 0. The van der Waals surface area contributed by atoms with Crippen molar-refractivity contribution in [3.8, 4) is 5.75 Å². The number of nitrogens with zero attached hydrogens (tertiary/aromatic N) is 7. The number of carbonyl (C=O) groups excluding carboxylic acids is 2. The van der Waals surface area contributed by atoms with Crippen LogP contribution in [0.5, 0.6) is 5.75 Å². The van der Waals surface area contributed by atoms with Gasteiger partial charge in [-0.3, -0.25) is 19.7 Å². The molecule has 0 saturated carbocycles. The fourth-order valence-electron chi connectivity index (χ4n) is 3.66. The Labute approximate surface area is 235 Å². The van der Waals surface area contributed by atoms with Gasteiger partial charge >= 0.3 is 0 Å². The van der Waals surface area contributed by atoms with Gasteiger partial charge in [0.1, 0.15) is 11.4 Å². The number of anilines is 1. The third-order valence-corrected chi connectivity index (χ3v) is 7.61. The van der Waals surface area contributed by atoms with Crippen molar-refractivity contribution in [2.24, 2.45) is 5.10 Å². The maximum Gasteiger partial charge on any atom is 0.295 e. The minimum atomic E-state index is -1.46. The molecule has 0 radical (unpaired) electrons. The van der Waals surface area contributed by atoms with Crippen molar-refractivity contribution in [1.29, 1.82) is 0 Å². The lowest BCUT2D eigenvalue weighted by atomic mass is 10.1. The van der Waals surface area contributed by atoms with Crippen LogP contribution in [0.2, 0.25) is 15.1 Å². The molecular formula is C22H18Cl3N7O5S. The third-order valence-electron chi connectivity index (χ3n) is 5.44. The zero-order valence-corrected chi connectivity index (χ0v) is 22.8. The Kier molecular flexibility index (Phi) is 8.51.